The molecule has 1 amide bonds. The predicted octanol–water partition coefficient (Wildman–Crippen LogP) is 4.08. The van der Waals surface area contributed by atoms with Gasteiger partial charge in [-0.15, -0.1) is 0 Å². The molecule has 3 aromatic rings. The minimum Gasteiger partial charge on any atom is -0.322 e. The molecule has 0 saturated carbocycles. The van der Waals surface area contributed by atoms with Crippen LogP contribution in [0.4, 0.5) is 11.4 Å². The molecule has 1 N–H and O–H groups in total. The van der Waals surface area contributed by atoms with E-state index in [9.17, 15) is 4.79 Å². The molecule has 0 radical (unpaired) electrons. The second-order valence-electron chi connectivity index (χ2n) is 4.88. The van der Waals surface area contributed by atoms with Crippen molar-refractivity contribution in [3.05, 3.63) is 90.3 Å². The fourth-order valence-corrected chi connectivity index (χ4v) is 2.09. The van der Waals surface area contributed by atoms with E-state index in [0.29, 0.717) is 11.3 Å². The van der Waals surface area contributed by atoms with Gasteiger partial charge >= 0.3 is 0 Å². The van der Waals surface area contributed by atoms with Crippen molar-refractivity contribution >= 4 is 23.5 Å². The van der Waals surface area contributed by atoms with E-state index in [-0.39, 0.29) is 5.91 Å². The van der Waals surface area contributed by atoms with Crippen LogP contribution < -0.4 is 5.32 Å². The van der Waals surface area contributed by atoms with Crippen LogP contribution in [0.2, 0.25) is 0 Å². The fourth-order valence-electron chi connectivity index (χ4n) is 2.09. The van der Waals surface area contributed by atoms with Crippen LogP contribution in [0.25, 0.3) is 0 Å². The van der Waals surface area contributed by atoms with E-state index >= 15 is 0 Å². The van der Waals surface area contributed by atoms with Gasteiger partial charge in [0.1, 0.15) is 0 Å². The molecule has 0 atom stereocenters. The largest absolute Gasteiger partial charge is 0.322 e. The van der Waals surface area contributed by atoms with E-state index in [2.05, 4.69) is 15.3 Å². The quantitative estimate of drug-likeness (QED) is 0.738. The third kappa shape index (κ3) is 3.89. The molecule has 4 heteroatoms. The van der Waals surface area contributed by atoms with Crippen molar-refractivity contribution < 1.29 is 4.79 Å². The number of carbonyl (C=O) groups excluding carboxylic acids is 1. The highest BCUT2D eigenvalue weighted by molar-refractivity contribution is 6.08. The summed E-state index contributed by atoms with van der Waals surface area (Å²) in [6.45, 7) is 0. The van der Waals surface area contributed by atoms with Crippen molar-refractivity contribution in [2.45, 2.75) is 0 Å². The maximum absolute atomic E-state index is 12.4. The smallest absolute Gasteiger partial charge is 0.257 e. The van der Waals surface area contributed by atoms with Crippen LogP contribution in [0.5, 0.6) is 0 Å². The number of hydrogen-bond donors (Lipinski definition) is 1. The molecular weight excluding hydrogens is 286 g/mol. The predicted molar refractivity (Wildman–Crippen MR) is 92.3 cm³/mol. The minimum absolute atomic E-state index is 0.185. The van der Waals surface area contributed by atoms with Crippen LogP contribution in [0.1, 0.15) is 15.9 Å². The Morgan fingerprint density at radius 1 is 0.957 bits per heavy atom. The molecule has 3 rings (SSSR count). The summed E-state index contributed by atoms with van der Waals surface area (Å²) >= 11 is 0. The lowest BCUT2D eigenvalue weighted by molar-refractivity contribution is 0.102. The number of nitrogens with one attached hydrogen (secondary N) is 1. The lowest BCUT2D eigenvalue weighted by Crippen LogP contribution is -2.11. The van der Waals surface area contributed by atoms with Gasteiger partial charge in [-0.3, -0.25) is 14.8 Å². The molecule has 0 unspecified atom stereocenters. The van der Waals surface area contributed by atoms with Crippen LogP contribution in [-0.2, 0) is 0 Å². The molecule has 1 heterocycles. The van der Waals surface area contributed by atoms with E-state index in [4.69, 9.17) is 0 Å². The number of para-hydroxylation sites is 2. The number of aromatic nitrogens is 1. The van der Waals surface area contributed by atoms with Crippen molar-refractivity contribution in [1.29, 1.82) is 0 Å². The topological polar surface area (TPSA) is 54.4 Å². The van der Waals surface area contributed by atoms with Crippen molar-refractivity contribution in [3.8, 4) is 0 Å². The monoisotopic (exact) mass is 301 g/mol. The molecule has 1 aromatic heterocycles. The number of aliphatic imine (C=N–C) groups is 1. The number of carbonyl (C=O) groups is 1. The Hall–Kier alpha value is -3.27. The summed E-state index contributed by atoms with van der Waals surface area (Å²) < 4.78 is 0. The number of amides is 1. The van der Waals surface area contributed by atoms with Gasteiger partial charge in [0.15, 0.2) is 0 Å². The summed E-state index contributed by atoms with van der Waals surface area (Å²) in [6.07, 6.45) is 5.12. The first-order chi connectivity index (χ1) is 11.3. The summed E-state index contributed by atoms with van der Waals surface area (Å²) in [7, 11) is 0. The molecule has 2 aromatic carbocycles. The van der Waals surface area contributed by atoms with Crippen LogP contribution in [0.15, 0.2) is 84.1 Å². The number of rotatable bonds is 4. The molecule has 0 bridgehead atoms. The standard InChI is InChI=1S/C19H15N3O/c23-19(22-16-8-2-1-3-9-16)17-10-4-5-11-18(17)21-14-15-7-6-12-20-13-15/h1-14H,(H,22,23). The lowest BCUT2D eigenvalue weighted by Gasteiger charge is -2.07. The normalized spacial score (nSPS) is 10.6. The highest BCUT2D eigenvalue weighted by Gasteiger charge is 2.10. The maximum Gasteiger partial charge on any atom is 0.257 e. The summed E-state index contributed by atoms with van der Waals surface area (Å²) in [5.41, 5.74) is 2.77. The second kappa shape index (κ2) is 7.13. The fraction of sp³-hybridized carbons (Fsp3) is 0. The third-order valence-electron chi connectivity index (χ3n) is 3.22. The Bertz CT molecular complexity index is 814. The Morgan fingerprint density at radius 3 is 2.52 bits per heavy atom. The average Bonchev–Trinajstić information content (AvgIpc) is 2.62. The van der Waals surface area contributed by atoms with Gasteiger partial charge in [-0.05, 0) is 30.3 Å². The third-order valence-corrected chi connectivity index (χ3v) is 3.22. The van der Waals surface area contributed by atoms with Crippen molar-refractivity contribution in [3.63, 3.8) is 0 Å². The Balaban J connectivity index is 1.83. The molecule has 112 valence electrons. The molecule has 0 aliphatic heterocycles. The number of nitrogens with zero attached hydrogens (tertiary/aromatic N) is 2. The maximum atomic E-state index is 12.4. The van der Waals surface area contributed by atoms with Gasteiger partial charge in [0.05, 0.1) is 11.3 Å². The number of pyridine rings is 1. The molecule has 0 spiro atoms. The number of benzene rings is 2. The first-order valence-electron chi connectivity index (χ1n) is 7.22. The van der Waals surface area contributed by atoms with Crippen molar-refractivity contribution in [2.75, 3.05) is 5.32 Å². The van der Waals surface area contributed by atoms with Gasteiger partial charge in [0.2, 0.25) is 0 Å². The van der Waals surface area contributed by atoms with Gasteiger partial charge in [0.25, 0.3) is 5.91 Å². The molecule has 0 saturated heterocycles. The summed E-state index contributed by atoms with van der Waals surface area (Å²) in [5.74, 6) is -0.185. The van der Waals surface area contributed by atoms with E-state index in [1.807, 2.05) is 60.7 Å². The number of hydrogen-bond acceptors (Lipinski definition) is 3. The zero-order valence-corrected chi connectivity index (χ0v) is 12.4. The van der Waals surface area contributed by atoms with Crippen LogP contribution >= 0.6 is 0 Å². The minimum atomic E-state index is -0.185. The zero-order valence-electron chi connectivity index (χ0n) is 12.4. The summed E-state index contributed by atoms with van der Waals surface area (Å²) in [4.78, 5) is 20.9. The van der Waals surface area contributed by atoms with Crippen LogP contribution in [-0.4, -0.2) is 17.1 Å². The van der Waals surface area contributed by atoms with Gasteiger partial charge in [-0.1, -0.05) is 36.4 Å². The Kier molecular flexibility index (Phi) is 4.55. The van der Waals surface area contributed by atoms with Crippen molar-refractivity contribution in [2.24, 2.45) is 4.99 Å². The molecule has 23 heavy (non-hydrogen) atoms. The molecule has 0 aliphatic carbocycles. The van der Waals surface area contributed by atoms with Crippen molar-refractivity contribution in [1.82, 2.24) is 4.98 Å². The summed E-state index contributed by atoms with van der Waals surface area (Å²) in [5, 5.41) is 2.87. The summed E-state index contributed by atoms with van der Waals surface area (Å²) in [6, 6.07) is 20.3. The molecular formula is C19H15N3O. The molecule has 0 aliphatic rings. The van der Waals surface area contributed by atoms with Gasteiger partial charge in [0, 0.05) is 29.9 Å². The zero-order chi connectivity index (χ0) is 15.9. The van der Waals surface area contributed by atoms with Crippen LogP contribution in [0, 0.1) is 0 Å². The number of anilines is 1. The van der Waals surface area contributed by atoms with E-state index in [1.54, 1.807) is 24.7 Å². The van der Waals surface area contributed by atoms with E-state index in [1.165, 1.54) is 0 Å². The average molecular weight is 301 g/mol. The lowest BCUT2D eigenvalue weighted by atomic mass is 10.1. The second-order valence-corrected chi connectivity index (χ2v) is 4.88. The van der Waals surface area contributed by atoms with E-state index < -0.39 is 0 Å². The SMILES string of the molecule is O=C(Nc1ccccc1)c1ccccc1N=Cc1cccnc1. The van der Waals surface area contributed by atoms with Gasteiger partial charge in [-0.2, -0.15) is 0 Å². The Labute approximate surface area is 134 Å². The van der Waals surface area contributed by atoms with Gasteiger partial charge in [-0.25, -0.2) is 0 Å². The first-order valence-corrected chi connectivity index (χ1v) is 7.22. The van der Waals surface area contributed by atoms with Gasteiger partial charge < -0.3 is 5.32 Å². The molecule has 4 nitrogen and oxygen atoms in total. The van der Waals surface area contributed by atoms with Crippen LogP contribution in [0.3, 0.4) is 0 Å². The highest BCUT2D eigenvalue weighted by Crippen LogP contribution is 2.20. The Morgan fingerprint density at radius 2 is 1.74 bits per heavy atom. The highest BCUT2D eigenvalue weighted by atomic mass is 16.1. The molecule has 0 fully saturated rings. The van der Waals surface area contributed by atoms with E-state index in [0.717, 1.165) is 11.3 Å². The first kappa shape index (κ1) is 14.7.